The fraction of sp³-hybridized carbons (Fsp3) is 0.231. The Morgan fingerprint density at radius 2 is 1.89 bits per heavy atom. The molecule has 2 unspecified atom stereocenters. The van der Waals surface area contributed by atoms with Gasteiger partial charge >= 0.3 is 0 Å². The fourth-order valence-electron chi connectivity index (χ4n) is 1.95. The molecule has 0 spiro atoms. The van der Waals surface area contributed by atoms with E-state index in [0.717, 1.165) is 0 Å². The number of benzene rings is 1. The Morgan fingerprint density at radius 3 is 2.39 bits per heavy atom. The summed E-state index contributed by atoms with van der Waals surface area (Å²) in [5.41, 5.74) is 7.06. The van der Waals surface area contributed by atoms with E-state index in [1.165, 1.54) is 12.5 Å². The van der Waals surface area contributed by atoms with Crippen LogP contribution in [0.25, 0.3) is 0 Å². The molecule has 1 aromatic heterocycles. The van der Waals surface area contributed by atoms with Gasteiger partial charge in [0.1, 0.15) is 0 Å². The van der Waals surface area contributed by atoms with Gasteiger partial charge in [0.25, 0.3) is 0 Å². The summed E-state index contributed by atoms with van der Waals surface area (Å²) in [6.45, 7) is 0.232. The van der Waals surface area contributed by atoms with Gasteiger partial charge in [-0.15, -0.1) is 0 Å². The first kappa shape index (κ1) is 13.4. The van der Waals surface area contributed by atoms with Crippen LogP contribution in [0.5, 0.6) is 0 Å². The monoisotopic (exact) mass is 285 g/mol. The Bertz CT molecular complexity index is 493. The molecule has 2 aromatic rings. The van der Waals surface area contributed by atoms with Crippen LogP contribution in [0, 0.1) is 0 Å². The molecule has 3 N–H and O–H groups in total. The van der Waals surface area contributed by atoms with Crippen LogP contribution in [-0.2, 0) is 0 Å². The van der Waals surface area contributed by atoms with Gasteiger partial charge in [-0.2, -0.15) is 0 Å². The van der Waals surface area contributed by atoms with Gasteiger partial charge in [0, 0.05) is 28.1 Å². The zero-order chi connectivity index (χ0) is 13.1. The second kappa shape index (κ2) is 5.76. The van der Waals surface area contributed by atoms with Crippen LogP contribution in [0.15, 0.2) is 41.2 Å². The van der Waals surface area contributed by atoms with Crippen molar-refractivity contribution < 1.29 is 9.52 Å². The highest BCUT2D eigenvalue weighted by Gasteiger charge is 2.26. The van der Waals surface area contributed by atoms with Crippen LogP contribution >= 0.6 is 23.2 Å². The van der Waals surface area contributed by atoms with E-state index in [0.29, 0.717) is 21.2 Å². The quantitative estimate of drug-likeness (QED) is 0.906. The SMILES string of the molecule is NCC(c1c(Cl)cccc1Cl)C(O)c1ccoc1. The third kappa shape index (κ3) is 2.54. The van der Waals surface area contributed by atoms with E-state index in [9.17, 15) is 5.11 Å². The van der Waals surface area contributed by atoms with E-state index in [1.54, 1.807) is 24.3 Å². The first-order valence-electron chi connectivity index (χ1n) is 5.49. The summed E-state index contributed by atoms with van der Waals surface area (Å²) in [5, 5.41) is 11.3. The molecule has 18 heavy (non-hydrogen) atoms. The van der Waals surface area contributed by atoms with E-state index in [4.69, 9.17) is 33.4 Å². The molecule has 3 nitrogen and oxygen atoms in total. The molecular formula is C13H13Cl2NO2. The number of nitrogens with two attached hydrogens (primary N) is 1. The highest BCUT2D eigenvalue weighted by molar-refractivity contribution is 6.36. The lowest BCUT2D eigenvalue weighted by Crippen LogP contribution is -2.20. The average molecular weight is 286 g/mol. The molecule has 0 aliphatic carbocycles. The maximum absolute atomic E-state index is 10.3. The fourth-order valence-corrected chi connectivity index (χ4v) is 2.62. The van der Waals surface area contributed by atoms with Crippen LogP contribution in [0.3, 0.4) is 0 Å². The van der Waals surface area contributed by atoms with E-state index in [2.05, 4.69) is 0 Å². The minimum Gasteiger partial charge on any atom is -0.472 e. The molecule has 0 aliphatic heterocycles. The van der Waals surface area contributed by atoms with Gasteiger partial charge in [0.15, 0.2) is 0 Å². The van der Waals surface area contributed by atoms with Crippen molar-refractivity contribution in [3.63, 3.8) is 0 Å². The van der Waals surface area contributed by atoms with Crippen molar-refractivity contribution in [1.29, 1.82) is 0 Å². The summed E-state index contributed by atoms with van der Waals surface area (Å²) in [6, 6.07) is 6.91. The summed E-state index contributed by atoms with van der Waals surface area (Å²) in [4.78, 5) is 0. The predicted octanol–water partition coefficient (Wildman–Crippen LogP) is 3.36. The molecule has 0 bridgehead atoms. The number of furan rings is 1. The van der Waals surface area contributed by atoms with E-state index in [1.807, 2.05) is 0 Å². The van der Waals surface area contributed by atoms with Gasteiger partial charge in [-0.3, -0.25) is 0 Å². The highest BCUT2D eigenvalue weighted by atomic mass is 35.5. The van der Waals surface area contributed by atoms with Gasteiger partial charge in [0.2, 0.25) is 0 Å². The lowest BCUT2D eigenvalue weighted by atomic mass is 9.90. The molecule has 0 radical (unpaired) electrons. The number of hydrogen-bond donors (Lipinski definition) is 2. The molecule has 96 valence electrons. The third-order valence-electron chi connectivity index (χ3n) is 2.89. The highest BCUT2D eigenvalue weighted by Crippen LogP contribution is 2.38. The first-order valence-corrected chi connectivity index (χ1v) is 6.25. The molecule has 0 aliphatic rings. The van der Waals surface area contributed by atoms with Gasteiger partial charge in [-0.1, -0.05) is 29.3 Å². The second-order valence-corrected chi connectivity index (χ2v) is 4.79. The Balaban J connectivity index is 2.40. The number of aliphatic hydroxyl groups excluding tert-OH is 1. The molecule has 0 amide bonds. The number of rotatable bonds is 4. The summed E-state index contributed by atoms with van der Waals surface area (Å²) >= 11 is 12.3. The molecule has 0 fully saturated rings. The normalized spacial score (nSPS) is 14.4. The number of halogens is 2. The minimum atomic E-state index is -0.800. The van der Waals surface area contributed by atoms with Crippen molar-refractivity contribution in [2.45, 2.75) is 12.0 Å². The van der Waals surface area contributed by atoms with Crippen molar-refractivity contribution in [3.8, 4) is 0 Å². The number of aliphatic hydroxyl groups is 1. The van der Waals surface area contributed by atoms with Gasteiger partial charge in [-0.25, -0.2) is 0 Å². The smallest absolute Gasteiger partial charge is 0.0960 e. The Labute approximate surface area is 115 Å². The summed E-state index contributed by atoms with van der Waals surface area (Å²) in [7, 11) is 0. The van der Waals surface area contributed by atoms with E-state index in [-0.39, 0.29) is 12.5 Å². The Hall–Kier alpha value is -1.00. The zero-order valence-corrected chi connectivity index (χ0v) is 11.0. The third-order valence-corrected chi connectivity index (χ3v) is 3.55. The van der Waals surface area contributed by atoms with Gasteiger partial charge in [-0.05, 0) is 23.8 Å². The Kier molecular flexibility index (Phi) is 4.30. The predicted molar refractivity (Wildman–Crippen MR) is 71.9 cm³/mol. The molecule has 0 saturated carbocycles. The standard InChI is InChI=1S/C13H13Cl2NO2/c14-10-2-1-3-11(15)12(10)9(6-16)13(17)8-4-5-18-7-8/h1-5,7,9,13,17H,6,16H2. The summed E-state index contributed by atoms with van der Waals surface area (Å²) in [6.07, 6.45) is 2.18. The van der Waals surface area contributed by atoms with Crippen molar-refractivity contribution in [1.82, 2.24) is 0 Å². The Morgan fingerprint density at radius 1 is 1.22 bits per heavy atom. The maximum Gasteiger partial charge on any atom is 0.0960 e. The molecule has 2 atom stereocenters. The van der Waals surface area contributed by atoms with E-state index >= 15 is 0 Å². The van der Waals surface area contributed by atoms with Gasteiger partial charge < -0.3 is 15.3 Å². The maximum atomic E-state index is 10.3. The van der Waals surface area contributed by atoms with Crippen LogP contribution in [0.1, 0.15) is 23.1 Å². The van der Waals surface area contributed by atoms with Crippen LogP contribution in [0.2, 0.25) is 10.0 Å². The van der Waals surface area contributed by atoms with Crippen LogP contribution in [0.4, 0.5) is 0 Å². The topological polar surface area (TPSA) is 59.4 Å². The average Bonchev–Trinajstić information content (AvgIpc) is 2.87. The molecule has 0 saturated heterocycles. The summed E-state index contributed by atoms with van der Waals surface area (Å²) in [5.74, 6) is -0.371. The number of hydrogen-bond acceptors (Lipinski definition) is 3. The largest absolute Gasteiger partial charge is 0.472 e. The summed E-state index contributed by atoms with van der Waals surface area (Å²) < 4.78 is 4.96. The van der Waals surface area contributed by atoms with Crippen molar-refractivity contribution in [2.75, 3.05) is 6.54 Å². The van der Waals surface area contributed by atoms with Crippen LogP contribution < -0.4 is 5.73 Å². The van der Waals surface area contributed by atoms with E-state index < -0.39 is 6.10 Å². The first-order chi connectivity index (χ1) is 8.65. The molecule has 1 aromatic carbocycles. The molecule has 2 rings (SSSR count). The van der Waals surface area contributed by atoms with Crippen molar-refractivity contribution in [3.05, 3.63) is 58.0 Å². The van der Waals surface area contributed by atoms with Gasteiger partial charge in [0.05, 0.1) is 18.6 Å². The lowest BCUT2D eigenvalue weighted by molar-refractivity contribution is 0.146. The zero-order valence-electron chi connectivity index (χ0n) is 9.51. The lowest BCUT2D eigenvalue weighted by Gasteiger charge is -2.23. The van der Waals surface area contributed by atoms with Crippen molar-refractivity contribution in [2.24, 2.45) is 5.73 Å². The second-order valence-electron chi connectivity index (χ2n) is 3.98. The molecule has 1 heterocycles. The molecular weight excluding hydrogens is 273 g/mol. The molecule has 5 heteroatoms. The minimum absolute atomic E-state index is 0.232. The van der Waals surface area contributed by atoms with Crippen LogP contribution in [-0.4, -0.2) is 11.7 Å². The van der Waals surface area contributed by atoms with Crippen molar-refractivity contribution >= 4 is 23.2 Å².